The molecule has 1 aromatic heterocycles. The van der Waals surface area contributed by atoms with E-state index in [-0.39, 0.29) is 12.6 Å². The monoisotopic (exact) mass is 308 g/mol. The summed E-state index contributed by atoms with van der Waals surface area (Å²) in [5, 5.41) is 31.4. The van der Waals surface area contributed by atoms with Crippen LogP contribution in [0.4, 0.5) is 5.82 Å². The van der Waals surface area contributed by atoms with E-state index < -0.39 is 30.6 Å². The van der Waals surface area contributed by atoms with E-state index >= 15 is 0 Å². The summed E-state index contributed by atoms with van der Waals surface area (Å²) in [6.07, 6.45) is -1.92. The van der Waals surface area contributed by atoms with Gasteiger partial charge >= 0.3 is 0 Å². The molecule has 0 bridgehead atoms. The van der Waals surface area contributed by atoms with Crippen LogP contribution in [0.1, 0.15) is 18.1 Å². The maximum absolute atomic E-state index is 10.0. The van der Waals surface area contributed by atoms with E-state index in [0.717, 1.165) is 0 Å². The number of fused-ring (bicyclic) bond motifs is 1. The van der Waals surface area contributed by atoms with Gasteiger partial charge in [0.2, 0.25) is 0 Å². The summed E-state index contributed by atoms with van der Waals surface area (Å²) in [4.78, 5) is 8.27. The van der Waals surface area contributed by atoms with Crippen LogP contribution in [-0.4, -0.2) is 51.6 Å². The fraction of sp³-hybridized carbons (Fsp3) is 0.583. The lowest BCUT2D eigenvalue weighted by molar-refractivity contribution is -0.0447. The van der Waals surface area contributed by atoms with E-state index in [9.17, 15) is 15.5 Å². The van der Waals surface area contributed by atoms with Crippen LogP contribution in [0.25, 0.3) is 0 Å². The first-order valence-electron chi connectivity index (χ1n) is 6.64. The van der Waals surface area contributed by atoms with E-state index in [4.69, 9.17) is 15.2 Å². The number of ether oxygens (including phenoxy) is 2. The smallest absolute Gasteiger partial charge is 0.198 e. The molecular formula is C12H16N6O4. The zero-order chi connectivity index (χ0) is 15.9. The Bertz CT molecular complexity index is 638. The molecule has 0 aromatic carbocycles. The molecule has 1 aromatic rings. The Hall–Kier alpha value is -2.19. The van der Waals surface area contributed by atoms with Gasteiger partial charge in [0.15, 0.2) is 18.4 Å². The van der Waals surface area contributed by atoms with Crippen molar-refractivity contribution in [2.24, 2.45) is 16.6 Å². The number of guanidine groups is 1. The average Bonchev–Trinajstić information content (AvgIpc) is 3.06. The molecular weight excluding hydrogens is 292 g/mol. The van der Waals surface area contributed by atoms with Crippen molar-refractivity contribution < 1.29 is 19.7 Å². The Kier molecular flexibility index (Phi) is 3.71. The zero-order valence-corrected chi connectivity index (χ0v) is 11.7. The Balaban J connectivity index is 1.98. The van der Waals surface area contributed by atoms with Crippen LogP contribution in [0.2, 0.25) is 0 Å². The van der Waals surface area contributed by atoms with Crippen molar-refractivity contribution >= 4 is 11.8 Å². The number of nitrogens with zero attached hydrogens (tertiary/aromatic N) is 4. The van der Waals surface area contributed by atoms with Crippen LogP contribution in [0.5, 0.6) is 0 Å². The van der Waals surface area contributed by atoms with Gasteiger partial charge in [-0.1, -0.05) is 0 Å². The number of hydrogen-bond donors (Lipinski definition) is 4. The number of aliphatic hydroxyl groups is 2. The SMILES string of the molecule is COC1N=C(N)Nc2c1ncn2C1OC(CO)C(O)C1C#N. The molecule has 2 aliphatic rings. The highest BCUT2D eigenvalue weighted by Gasteiger charge is 2.46. The fourth-order valence-electron chi connectivity index (χ4n) is 2.66. The number of aliphatic hydroxyl groups excluding tert-OH is 2. The lowest BCUT2D eigenvalue weighted by Gasteiger charge is -2.23. The highest BCUT2D eigenvalue weighted by atomic mass is 16.5. The summed E-state index contributed by atoms with van der Waals surface area (Å²) >= 11 is 0. The van der Waals surface area contributed by atoms with Gasteiger partial charge in [0.05, 0.1) is 19.0 Å². The minimum Gasteiger partial charge on any atom is -0.394 e. The van der Waals surface area contributed by atoms with Crippen molar-refractivity contribution in [2.45, 2.75) is 24.7 Å². The minimum absolute atomic E-state index is 0.145. The van der Waals surface area contributed by atoms with Crippen molar-refractivity contribution in [3.8, 4) is 6.07 Å². The third-order valence-electron chi connectivity index (χ3n) is 3.76. The van der Waals surface area contributed by atoms with E-state index in [1.165, 1.54) is 13.4 Å². The number of nitriles is 1. The average molecular weight is 308 g/mol. The fourth-order valence-corrected chi connectivity index (χ4v) is 2.66. The summed E-state index contributed by atoms with van der Waals surface area (Å²) in [5.74, 6) is -0.222. The number of hydrogen-bond acceptors (Lipinski definition) is 9. The van der Waals surface area contributed by atoms with Gasteiger partial charge < -0.3 is 30.7 Å². The first-order chi connectivity index (χ1) is 10.6. The molecule has 0 amide bonds. The molecule has 1 fully saturated rings. The lowest BCUT2D eigenvalue weighted by atomic mass is 10.0. The van der Waals surface area contributed by atoms with Gasteiger partial charge in [-0.25, -0.2) is 9.98 Å². The number of anilines is 1. The topological polar surface area (TPSA) is 151 Å². The number of nitrogens with one attached hydrogen (secondary N) is 1. The largest absolute Gasteiger partial charge is 0.394 e. The van der Waals surface area contributed by atoms with E-state index in [1.807, 2.05) is 6.07 Å². The molecule has 118 valence electrons. The molecule has 0 spiro atoms. The number of rotatable bonds is 3. The van der Waals surface area contributed by atoms with Gasteiger partial charge in [0, 0.05) is 7.11 Å². The lowest BCUT2D eigenvalue weighted by Crippen LogP contribution is -2.31. The Morgan fingerprint density at radius 2 is 2.41 bits per heavy atom. The summed E-state index contributed by atoms with van der Waals surface area (Å²) in [6, 6.07) is 2.00. The second-order valence-corrected chi connectivity index (χ2v) is 5.01. The van der Waals surface area contributed by atoms with Gasteiger partial charge in [-0.3, -0.25) is 4.57 Å². The van der Waals surface area contributed by atoms with Crippen LogP contribution >= 0.6 is 0 Å². The van der Waals surface area contributed by atoms with E-state index in [2.05, 4.69) is 15.3 Å². The minimum atomic E-state index is -1.09. The number of nitrogens with two attached hydrogens (primary N) is 1. The molecule has 5 N–H and O–H groups in total. The quantitative estimate of drug-likeness (QED) is 0.535. The molecule has 22 heavy (non-hydrogen) atoms. The van der Waals surface area contributed by atoms with Gasteiger partial charge in [-0.15, -0.1) is 0 Å². The normalized spacial score (nSPS) is 33.7. The first-order valence-corrected chi connectivity index (χ1v) is 6.64. The van der Waals surface area contributed by atoms with Gasteiger partial charge in [0.1, 0.15) is 29.6 Å². The van der Waals surface area contributed by atoms with Gasteiger partial charge in [0.25, 0.3) is 0 Å². The standard InChI is InChI=1S/C12H16N6O4/c1-21-10-7-9(16-12(14)17-10)18(4-15-7)11-5(2-13)8(20)6(3-19)22-11/h4-6,8,10-11,19-20H,3H2,1H3,(H3,14,16,17). The Morgan fingerprint density at radius 1 is 1.64 bits per heavy atom. The molecule has 2 aliphatic heterocycles. The molecule has 3 heterocycles. The number of aliphatic imine (C=N–C) groups is 1. The number of methoxy groups -OCH3 is 1. The number of aromatic nitrogens is 2. The predicted octanol–water partition coefficient (Wildman–Crippen LogP) is -1.34. The third-order valence-corrected chi connectivity index (χ3v) is 3.76. The van der Waals surface area contributed by atoms with Crippen LogP contribution in [0.3, 0.4) is 0 Å². The molecule has 5 atom stereocenters. The second kappa shape index (κ2) is 5.54. The molecule has 10 heteroatoms. The van der Waals surface area contributed by atoms with Crippen molar-refractivity contribution in [1.29, 1.82) is 5.26 Å². The first kappa shape index (κ1) is 14.7. The maximum Gasteiger partial charge on any atom is 0.198 e. The Morgan fingerprint density at radius 3 is 3.05 bits per heavy atom. The molecule has 0 aliphatic carbocycles. The van der Waals surface area contributed by atoms with Gasteiger partial charge in [-0.2, -0.15) is 5.26 Å². The molecule has 0 saturated carbocycles. The zero-order valence-electron chi connectivity index (χ0n) is 11.7. The van der Waals surface area contributed by atoms with Crippen LogP contribution in [0.15, 0.2) is 11.3 Å². The molecule has 1 saturated heterocycles. The predicted molar refractivity (Wildman–Crippen MR) is 73.3 cm³/mol. The summed E-state index contributed by atoms with van der Waals surface area (Å²) in [7, 11) is 1.48. The third kappa shape index (κ3) is 2.11. The van der Waals surface area contributed by atoms with Crippen molar-refractivity contribution in [2.75, 3.05) is 19.0 Å². The van der Waals surface area contributed by atoms with Crippen molar-refractivity contribution in [3.63, 3.8) is 0 Å². The van der Waals surface area contributed by atoms with Crippen LogP contribution in [0, 0.1) is 17.2 Å². The van der Waals surface area contributed by atoms with Crippen molar-refractivity contribution in [1.82, 2.24) is 9.55 Å². The Labute approximate surface area is 125 Å². The molecule has 3 rings (SSSR count). The molecule has 10 nitrogen and oxygen atoms in total. The van der Waals surface area contributed by atoms with Crippen molar-refractivity contribution in [3.05, 3.63) is 12.0 Å². The van der Waals surface area contributed by atoms with Crippen LogP contribution < -0.4 is 11.1 Å². The summed E-state index contributed by atoms with van der Waals surface area (Å²) in [5.41, 5.74) is 6.21. The highest BCUT2D eigenvalue weighted by Crippen LogP contribution is 2.39. The molecule has 5 unspecified atom stereocenters. The molecule has 0 radical (unpaired) electrons. The van der Waals surface area contributed by atoms with Gasteiger partial charge in [-0.05, 0) is 0 Å². The van der Waals surface area contributed by atoms with E-state index in [0.29, 0.717) is 11.5 Å². The van der Waals surface area contributed by atoms with Crippen LogP contribution in [-0.2, 0) is 9.47 Å². The summed E-state index contributed by atoms with van der Waals surface area (Å²) in [6.45, 7) is -0.384. The summed E-state index contributed by atoms with van der Waals surface area (Å²) < 4.78 is 12.3. The van der Waals surface area contributed by atoms with E-state index in [1.54, 1.807) is 4.57 Å². The highest BCUT2D eigenvalue weighted by molar-refractivity contribution is 5.93. The second-order valence-electron chi connectivity index (χ2n) is 5.01. The number of imidazole rings is 1. The maximum atomic E-state index is 10.0.